The fourth-order valence-corrected chi connectivity index (χ4v) is 3.06. The molecule has 3 heterocycles. The number of nitrogens with one attached hydrogen (secondary N) is 2. The van der Waals surface area contributed by atoms with Crippen LogP contribution in [0, 0.1) is 4.77 Å². The van der Waals surface area contributed by atoms with E-state index in [0.29, 0.717) is 0 Å². The van der Waals surface area contributed by atoms with Gasteiger partial charge in [-0.25, -0.2) is 0 Å². The molecule has 2 aliphatic rings. The Labute approximate surface area is 160 Å². The van der Waals surface area contributed by atoms with Crippen molar-refractivity contribution in [3.05, 3.63) is 38.4 Å². The van der Waals surface area contributed by atoms with Crippen molar-refractivity contribution in [2.45, 2.75) is 44.7 Å². The van der Waals surface area contributed by atoms with Crippen LogP contribution in [0.3, 0.4) is 0 Å². The van der Waals surface area contributed by atoms with Gasteiger partial charge in [-0.2, -0.15) is 13.2 Å². The number of hydrogen-bond acceptors (Lipinski definition) is 7. The van der Waals surface area contributed by atoms with Gasteiger partial charge in [-0.3, -0.25) is 19.1 Å². The molecule has 1 aromatic rings. The average molecular weight is 423 g/mol. The van der Waals surface area contributed by atoms with E-state index in [1.54, 1.807) is 19.2 Å². The lowest BCUT2D eigenvalue weighted by molar-refractivity contribution is -0.173. The second-order valence-electron chi connectivity index (χ2n) is 6.50. The Bertz CT molecular complexity index is 952. The molecule has 13 heteroatoms. The molecular formula is C15H16F3N3O6S. The Hall–Kier alpha value is -2.38. The van der Waals surface area contributed by atoms with E-state index in [1.807, 2.05) is 0 Å². The standard InChI is InChI=1S/C15H16F3N3O6S/c1-14(2)26-8-7(5-22)25-11(9(8)27-14)21-4-6(10(23)20-13(21)28)3-19-12(24)15(16,17)18/h4,9,11,22H,3,5H2,1-2H3,(H,19,24)(H,20,23,28)/t9?,11-/m1/s1. The van der Waals surface area contributed by atoms with Crippen molar-refractivity contribution in [2.24, 2.45) is 0 Å². The maximum Gasteiger partial charge on any atom is 0.471 e. The van der Waals surface area contributed by atoms with Crippen molar-refractivity contribution < 1.29 is 37.3 Å². The summed E-state index contributed by atoms with van der Waals surface area (Å²) in [7, 11) is 0. The Morgan fingerprint density at radius 1 is 1.46 bits per heavy atom. The third-order valence-electron chi connectivity index (χ3n) is 3.98. The SMILES string of the molecule is CC1(C)OC2=C(CO)O[C@@H](n3cc(CNC(=O)C(F)(F)F)c(=O)[nH]c3=S)C2O1. The summed E-state index contributed by atoms with van der Waals surface area (Å²) in [6, 6.07) is 0. The van der Waals surface area contributed by atoms with E-state index in [1.165, 1.54) is 4.57 Å². The number of halogens is 3. The predicted octanol–water partition coefficient (Wildman–Crippen LogP) is 0.969. The zero-order chi connectivity index (χ0) is 20.9. The van der Waals surface area contributed by atoms with Gasteiger partial charge in [0.05, 0.1) is 5.56 Å². The predicted molar refractivity (Wildman–Crippen MR) is 88.1 cm³/mol. The summed E-state index contributed by atoms with van der Waals surface area (Å²) < 4.78 is 55.1. The van der Waals surface area contributed by atoms with Crippen LogP contribution in [0.15, 0.2) is 22.5 Å². The van der Waals surface area contributed by atoms with Crippen molar-refractivity contribution in [3.8, 4) is 0 Å². The van der Waals surface area contributed by atoms with Gasteiger partial charge in [0.15, 0.2) is 22.4 Å². The fourth-order valence-electron chi connectivity index (χ4n) is 2.81. The first-order chi connectivity index (χ1) is 12.9. The summed E-state index contributed by atoms with van der Waals surface area (Å²) >= 11 is 5.11. The molecule has 2 aliphatic heterocycles. The molecule has 1 saturated heterocycles. The minimum absolute atomic E-state index is 0.0901. The monoisotopic (exact) mass is 423 g/mol. The molecule has 0 saturated carbocycles. The summed E-state index contributed by atoms with van der Waals surface area (Å²) in [6.07, 6.45) is -5.69. The summed E-state index contributed by atoms with van der Waals surface area (Å²) in [6.45, 7) is 2.13. The van der Waals surface area contributed by atoms with Crippen LogP contribution in [0.4, 0.5) is 13.2 Å². The summed E-state index contributed by atoms with van der Waals surface area (Å²) in [5, 5.41) is 11.1. The van der Waals surface area contributed by atoms with Crippen LogP contribution in [-0.4, -0.2) is 45.2 Å². The molecule has 28 heavy (non-hydrogen) atoms. The molecule has 154 valence electrons. The topological polar surface area (TPSA) is 115 Å². The van der Waals surface area contributed by atoms with E-state index in [9.17, 15) is 27.9 Å². The van der Waals surface area contributed by atoms with E-state index in [-0.39, 0.29) is 21.9 Å². The van der Waals surface area contributed by atoms with E-state index in [4.69, 9.17) is 26.4 Å². The van der Waals surface area contributed by atoms with Gasteiger partial charge in [0.2, 0.25) is 12.0 Å². The van der Waals surface area contributed by atoms with Gasteiger partial charge in [0.25, 0.3) is 5.56 Å². The van der Waals surface area contributed by atoms with Crippen molar-refractivity contribution in [1.29, 1.82) is 0 Å². The number of rotatable bonds is 4. The van der Waals surface area contributed by atoms with E-state index in [2.05, 4.69) is 4.98 Å². The number of amides is 1. The number of hydrogen-bond donors (Lipinski definition) is 3. The van der Waals surface area contributed by atoms with Gasteiger partial charge in [0.1, 0.15) is 6.61 Å². The third kappa shape index (κ3) is 3.77. The lowest BCUT2D eigenvalue weighted by Crippen LogP contribution is -2.38. The number of aliphatic hydroxyl groups excluding tert-OH is 1. The number of aromatic nitrogens is 2. The number of fused-ring (bicyclic) bond motifs is 1. The Morgan fingerprint density at radius 3 is 2.75 bits per heavy atom. The van der Waals surface area contributed by atoms with Gasteiger partial charge in [-0.15, -0.1) is 0 Å². The van der Waals surface area contributed by atoms with Crippen molar-refractivity contribution in [3.63, 3.8) is 0 Å². The van der Waals surface area contributed by atoms with Crippen LogP contribution < -0.4 is 10.9 Å². The molecule has 1 unspecified atom stereocenters. The lowest BCUT2D eigenvalue weighted by Gasteiger charge is -2.24. The molecule has 0 aliphatic carbocycles. The average Bonchev–Trinajstić information content (AvgIpc) is 3.06. The van der Waals surface area contributed by atoms with Gasteiger partial charge in [-0.05, 0) is 12.2 Å². The number of alkyl halides is 3. The number of carbonyl (C=O) groups is 1. The Balaban J connectivity index is 1.90. The highest BCUT2D eigenvalue weighted by Crippen LogP contribution is 2.44. The van der Waals surface area contributed by atoms with Gasteiger partial charge >= 0.3 is 12.1 Å². The summed E-state index contributed by atoms with van der Waals surface area (Å²) in [4.78, 5) is 25.3. The van der Waals surface area contributed by atoms with Crippen molar-refractivity contribution >= 4 is 18.1 Å². The Kier molecular flexibility index (Phi) is 5.02. The molecular weight excluding hydrogens is 407 g/mol. The van der Waals surface area contributed by atoms with Crippen LogP contribution in [0.1, 0.15) is 25.6 Å². The molecule has 3 rings (SSSR count). The number of nitrogens with zero attached hydrogens (tertiary/aromatic N) is 1. The highest BCUT2D eigenvalue weighted by atomic mass is 32.1. The normalized spacial score (nSPS) is 23.2. The van der Waals surface area contributed by atoms with Crippen LogP contribution in [0.5, 0.6) is 0 Å². The third-order valence-corrected chi connectivity index (χ3v) is 4.29. The minimum atomic E-state index is -5.08. The number of carbonyl (C=O) groups excluding carboxylic acids is 1. The number of aromatic amines is 1. The van der Waals surface area contributed by atoms with Crippen molar-refractivity contribution in [1.82, 2.24) is 14.9 Å². The number of H-pyrrole nitrogens is 1. The maximum atomic E-state index is 12.3. The van der Waals surface area contributed by atoms with E-state index in [0.717, 1.165) is 6.20 Å². The molecule has 0 bridgehead atoms. The molecule has 3 N–H and O–H groups in total. The second-order valence-corrected chi connectivity index (χ2v) is 6.88. The molecule has 9 nitrogen and oxygen atoms in total. The van der Waals surface area contributed by atoms with Gasteiger partial charge in [-0.1, -0.05) is 0 Å². The molecule has 0 spiro atoms. The lowest BCUT2D eigenvalue weighted by atomic mass is 10.2. The quantitative estimate of drug-likeness (QED) is 0.618. The van der Waals surface area contributed by atoms with Crippen molar-refractivity contribution in [2.75, 3.05) is 6.61 Å². The van der Waals surface area contributed by atoms with E-state index < -0.39 is 48.9 Å². The van der Waals surface area contributed by atoms with Crippen LogP contribution >= 0.6 is 12.2 Å². The van der Waals surface area contributed by atoms with E-state index >= 15 is 0 Å². The minimum Gasteiger partial charge on any atom is -0.465 e. The first kappa shape index (κ1) is 20.4. The fraction of sp³-hybridized carbons (Fsp3) is 0.533. The highest BCUT2D eigenvalue weighted by molar-refractivity contribution is 7.71. The Morgan fingerprint density at radius 2 is 2.14 bits per heavy atom. The molecule has 0 aromatic carbocycles. The summed E-state index contributed by atoms with van der Waals surface area (Å²) in [5.41, 5.74) is -0.951. The molecule has 0 radical (unpaired) electrons. The maximum absolute atomic E-state index is 12.3. The zero-order valence-electron chi connectivity index (χ0n) is 14.6. The highest BCUT2D eigenvalue weighted by Gasteiger charge is 2.50. The van der Waals surface area contributed by atoms with Crippen LogP contribution in [0.25, 0.3) is 0 Å². The van der Waals surface area contributed by atoms with Gasteiger partial charge < -0.3 is 24.6 Å². The molecule has 1 amide bonds. The first-order valence-electron chi connectivity index (χ1n) is 7.99. The molecule has 1 fully saturated rings. The summed E-state index contributed by atoms with van der Waals surface area (Å²) in [5.74, 6) is -2.81. The molecule has 1 aromatic heterocycles. The number of ether oxygens (including phenoxy) is 3. The largest absolute Gasteiger partial charge is 0.471 e. The zero-order valence-corrected chi connectivity index (χ0v) is 15.4. The second kappa shape index (κ2) is 6.90. The van der Waals surface area contributed by atoms with Crippen LogP contribution in [-0.2, 0) is 25.5 Å². The number of aliphatic hydroxyl groups is 1. The van der Waals surface area contributed by atoms with Crippen LogP contribution in [0.2, 0.25) is 0 Å². The molecule has 2 atom stereocenters. The first-order valence-corrected chi connectivity index (χ1v) is 8.40. The smallest absolute Gasteiger partial charge is 0.465 e. The van der Waals surface area contributed by atoms with Gasteiger partial charge in [0, 0.05) is 26.6 Å².